The van der Waals surface area contributed by atoms with Crippen molar-refractivity contribution < 1.29 is 9.90 Å². The zero-order valence-electron chi connectivity index (χ0n) is 7.99. The fourth-order valence-electron chi connectivity index (χ4n) is 1.74. The lowest BCUT2D eigenvalue weighted by Crippen LogP contribution is -2.08. The second-order valence-electron chi connectivity index (χ2n) is 3.20. The molecule has 0 amide bonds. The van der Waals surface area contributed by atoms with E-state index < -0.39 is 5.97 Å². The topological polar surface area (TPSA) is 55.1 Å². The van der Waals surface area contributed by atoms with Gasteiger partial charge in [0.2, 0.25) is 0 Å². The van der Waals surface area contributed by atoms with Gasteiger partial charge in [-0.1, -0.05) is 0 Å². The van der Waals surface area contributed by atoms with Crippen molar-refractivity contribution in [1.82, 2.24) is 9.78 Å². The number of rotatable bonds is 2. The molecule has 0 bridgehead atoms. The minimum Gasteiger partial charge on any atom is -0.476 e. The molecular formula is C9H12N2O2S. The standard InChI is InChI=1S/C9H12N2O2S/c1-2-11-7-3-4-14-5-6(7)8(10-11)9(12)13/h2-5H2,1H3,(H,12,13). The molecule has 1 N–H and O–H groups in total. The van der Waals surface area contributed by atoms with Crippen LogP contribution in [0.15, 0.2) is 0 Å². The van der Waals surface area contributed by atoms with E-state index in [2.05, 4.69) is 5.10 Å². The Morgan fingerprint density at radius 1 is 1.71 bits per heavy atom. The van der Waals surface area contributed by atoms with E-state index in [1.807, 2.05) is 11.6 Å². The number of fused-ring (bicyclic) bond motifs is 1. The number of hydrogen-bond donors (Lipinski definition) is 1. The molecule has 1 aromatic rings. The Hall–Kier alpha value is -0.970. The number of thioether (sulfide) groups is 1. The predicted octanol–water partition coefficient (Wildman–Crippen LogP) is 1.39. The van der Waals surface area contributed by atoms with E-state index in [4.69, 9.17) is 5.11 Å². The van der Waals surface area contributed by atoms with E-state index in [1.165, 1.54) is 0 Å². The summed E-state index contributed by atoms with van der Waals surface area (Å²) in [6.07, 6.45) is 0.939. The van der Waals surface area contributed by atoms with Gasteiger partial charge in [-0.3, -0.25) is 4.68 Å². The molecule has 76 valence electrons. The van der Waals surface area contributed by atoms with Gasteiger partial charge in [-0.15, -0.1) is 0 Å². The van der Waals surface area contributed by atoms with Gasteiger partial charge >= 0.3 is 5.97 Å². The third-order valence-corrected chi connectivity index (χ3v) is 3.38. The van der Waals surface area contributed by atoms with Gasteiger partial charge < -0.3 is 5.11 Å². The van der Waals surface area contributed by atoms with Crippen molar-refractivity contribution in [3.63, 3.8) is 0 Å². The number of nitrogens with zero attached hydrogens (tertiary/aromatic N) is 2. The molecule has 0 radical (unpaired) electrons. The summed E-state index contributed by atoms with van der Waals surface area (Å²) in [5, 5.41) is 13.1. The van der Waals surface area contributed by atoms with Crippen LogP contribution in [0.2, 0.25) is 0 Å². The first-order chi connectivity index (χ1) is 6.74. The van der Waals surface area contributed by atoms with E-state index >= 15 is 0 Å². The first-order valence-electron chi connectivity index (χ1n) is 4.63. The zero-order chi connectivity index (χ0) is 10.1. The largest absolute Gasteiger partial charge is 0.476 e. The number of carboxylic acid groups (broad SMARTS) is 1. The summed E-state index contributed by atoms with van der Waals surface area (Å²) in [6.45, 7) is 2.74. The monoisotopic (exact) mass is 212 g/mol. The highest BCUT2D eigenvalue weighted by atomic mass is 32.2. The van der Waals surface area contributed by atoms with Crippen LogP contribution >= 0.6 is 11.8 Å². The molecule has 2 rings (SSSR count). The molecule has 4 nitrogen and oxygen atoms in total. The lowest BCUT2D eigenvalue weighted by molar-refractivity contribution is 0.0688. The number of aromatic carboxylic acids is 1. The minimum atomic E-state index is -0.907. The Bertz CT molecular complexity index is 373. The van der Waals surface area contributed by atoms with Gasteiger partial charge in [0.15, 0.2) is 5.69 Å². The Labute approximate surface area is 86.3 Å². The van der Waals surface area contributed by atoms with E-state index in [0.29, 0.717) is 0 Å². The molecule has 0 aliphatic carbocycles. The van der Waals surface area contributed by atoms with Crippen LogP contribution in [-0.2, 0) is 18.7 Å². The molecule has 1 aliphatic rings. The SMILES string of the molecule is CCn1nc(C(=O)O)c2c1CCSC2. The molecule has 0 saturated carbocycles. The van der Waals surface area contributed by atoms with Crippen molar-refractivity contribution in [3.05, 3.63) is 17.0 Å². The summed E-state index contributed by atoms with van der Waals surface area (Å²) in [4.78, 5) is 10.9. The first-order valence-corrected chi connectivity index (χ1v) is 5.79. The quantitative estimate of drug-likeness (QED) is 0.805. The summed E-state index contributed by atoms with van der Waals surface area (Å²) in [7, 11) is 0. The van der Waals surface area contributed by atoms with Gasteiger partial charge in [-0.2, -0.15) is 16.9 Å². The van der Waals surface area contributed by atoms with Crippen molar-refractivity contribution >= 4 is 17.7 Å². The van der Waals surface area contributed by atoms with Crippen LogP contribution in [-0.4, -0.2) is 26.6 Å². The molecule has 0 unspecified atom stereocenters. The maximum absolute atomic E-state index is 10.9. The number of aromatic nitrogens is 2. The third-order valence-electron chi connectivity index (χ3n) is 2.40. The highest BCUT2D eigenvalue weighted by molar-refractivity contribution is 7.98. The second-order valence-corrected chi connectivity index (χ2v) is 4.30. The molecule has 1 aliphatic heterocycles. The molecule has 2 heterocycles. The maximum Gasteiger partial charge on any atom is 0.356 e. The molecule has 0 aromatic carbocycles. The molecular weight excluding hydrogens is 200 g/mol. The molecule has 0 atom stereocenters. The molecule has 0 spiro atoms. The average Bonchev–Trinajstić information content (AvgIpc) is 2.56. The lowest BCUT2D eigenvalue weighted by Gasteiger charge is -2.12. The van der Waals surface area contributed by atoms with E-state index in [1.54, 1.807) is 11.8 Å². The van der Waals surface area contributed by atoms with E-state index in [0.717, 1.165) is 35.7 Å². The maximum atomic E-state index is 10.9. The Kier molecular flexibility index (Phi) is 2.50. The molecule has 5 heteroatoms. The molecule has 14 heavy (non-hydrogen) atoms. The smallest absolute Gasteiger partial charge is 0.356 e. The van der Waals surface area contributed by atoms with Crippen LogP contribution in [0, 0.1) is 0 Å². The summed E-state index contributed by atoms with van der Waals surface area (Å²) in [5.41, 5.74) is 2.29. The zero-order valence-corrected chi connectivity index (χ0v) is 8.80. The average molecular weight is 212 g/mol. The normalized spacial score (nSPS) is 15.2. The number of hydrogen-bond acceptors (Lipinski definition) is 3. The third kappa shape index (κ3) is 1.41. The van der Waals surface area contributed by atoms with Crippen LogP contribution in [0.1, 0.15) is 28.7 Å². The van der Waals surface area contributed by atoms with Crippen LogP contribution in [0.3, 0.4) is 0 Å². The van der Waals surface area contributed by atoms with Crippen molar-refractivity contribution in [2.75, 3.05) is 5.75 Å². The van der Waals surface area contributed by atoms with Gasteiger partial charge in [-0.25, -0.2) is 4.79 Å². The summed E-state index contributed by atoms with van der Waals surface area (Å²) in [5.74, 6) is 0.949. The molecule has 1 aromatic heterocycles. The van der Waals surface area contributed by atoms with Crippen LogP contribution in [0.25, 0.3) is 0 Å². The fourth-order valence-corrected chi connectivity index (χ4v) is 2.73. The highest BCUT2D eigenvalue weighted by Gasteiger charge is 2.23. The lowest BCUT2D eigenvalue weighted by atomic mass is 10.1. The molecule has 0 saturated heterocycles. The predicted molar refractivity (Wildman–Crippen MR) is 54.7 cm³/mol. The highest BCUT2D eigenvalue weighted by Crippen LogP contribution is 2.27. The van der Waals surface area contributed by atoms with Crippen molar-refractivity contribution in [2.45, 2.75) is 25.6 Å². The van der Waals surface area contributed by atoms with Gasteiger partial charge in [0, 0.05) is 23.6 Å². The summed E-state index contributed by atoms with van der Waals surface area (Å²) < 4.78 is 1.82. The van der Waals surface area contributed by atoms with Crippen LogP contribution in [0.5, 0.6) is 0 Å². The Morgan fingerprint density at radius 2 is 2.50 bits per heavy atom. The summed E-state index contributed by atoms with van der Waals surface area (Å²) in [6, 6.07) is 0. The fraction of sp³-hybridized carbons (Fsp3) is 0.556. The van der Waals surface area contributed by atoms with Crippen molar-refractivity contribution in [3.8, 4) is 0 Å². The number of carboxylic acids is 1. The minimum absolute atomic E-state index is 0.244. The van der Waals surface area contributed by atoms with Gasteiger partial charge in [0.25, 0.3) is 0 Å². The van der Waals surface area contributed by atoms with Gasteiger partial charge in [0.1, 0.15) is 0 Å². The number of aryl methyl sites for hydroxylation is 1. The second kappa shape index (κ2) is 3.65. The van der Waals surface area contributed by atoms with Crippen molar-refractivity contribution in [1.29, 1.82) is 0 Å². The molecule has 0 fully saturated rings. The number of carbonyl (C=O) groups is 1. The van der Waals surface area contributed by atoms with Crippen molar-refractivity contribution in [2.24, 2.45) is 0 Å². The first kappa shape index (κ1) is 9.58. The van der Waals surface area contributed by atoms with Crippen LogP contribution in [0.4, 0.5) is 0 Å². The Morgan fingerprint density at radius 3 is 3.14 bits per heavy atom. The summed E-state index contributed by atoms with van der Waals surface area (Å²) >= 11 is 1.78. The van der Waals surface area contributed by atoms with E-state index in [-0.39, 0.29) is 5.69 Å². The Balaban J connectivity index is 2.52. The van der Waals surface area contributed by atoms with Gasteiger partial charge in [0.05, 0.1) is 0 Å². The van der Waals surface area contributed by atoms with Crippen LogP contribution < -0.4 is 0 Å². The van der Waals surface area contributed by atoms with Gasteiger partial charge in [-0.05, 0) is 19.1 Å². The van der Waals surface area contributed by atoms with E-state index in [9.17, 15) is 4.79 Å².